The Kier molecular flexibility index (Phi) is 5.11. The SMILES string of the molecule is CCCNC(C1=CCCO1)C(C(F)(F)F)C(F)(F)F. The molecule has 19 heavy (non-hydrogen) atoms. The molecular formula is C11H15F6NO. The van der Waals surface area contributed by atoms with Gasteiger partial charge in [-0.2, -0.15) is 26.3 Å². The third kappa shape index (κ3) is 4.29. The molecule has 1 atom stereocenters. The normalized spacial score (nSPS) is 18.4. The number of nitrogens with one attached hydrogen (secondary N) is 1. The van der Waals surface area contributed by atoms with E-state index in [0.717, 1.165) is 0 Å². The molecule has 112 valence electrons. The van der Waals surface area contributed by atoms with Gasteiger partial charge in [0.2, 0.25) is 0 Å². The maximum atomic E-state index is 12.7. The van der Waals surface area contributed by atoms with Gasteiger partial charge in [0.25, 0.3) is 0 Å². The second-order valence-corrected chi connectivity index (χ2v) is 4.24. The Morgan fingerprint density at radius 2 is 1.79 bits per heavy atom. The molecule has 1 aliphatic rings. The Hall–Kier alpha value is -0.920. The molecule has 0 saturated carbocycles. The van der Waals surface area contributed by atoms with E-state index in [9.17, 15) is 26.3 Å². The van der Waals surface area contributed by atoms with E-state index in [4.69, 9.17) is 4.74 Å². The average Bonchev–Trinajstić information content (AvgIpc) is 2.73. The van der Waals surface area contributed by atoms with Gasteiger partial charge < -0.3 is 10.1 Å². The maximum absolute atomic E-state index is 12.7. The number of halogens is 6. The van der Waals surface area contributed by atoms with E-state index in [1.54, 1.807) is 6.92 Å². The minimum Gasteiger partial charge on any atom is -0.496 e. The van der Waals surface area contributed by atoms with Crippen LogP contribution in [0.15, 0.2) is 11.8 Å². The molecule has 2 nitrogen and oxygen atoms in total. The van der Waals surface area contributed by atoms with Crippen molar-refractivity contribution in [3.05, 3.63) is 11.8 Å². The minimum absolute atomic E-state index is 0.0496. The van der Waals surface area contributed by atoms with Gasteiger partial charge >= 0.3 is 12.4 Å². The van der Waals surface area contributed by atoms with E-state index in [1.807, 2.05) is 0 Å². The highest BCUT2D eigenvalue weighted by Gasteiger charge is 2.61. The number of hydrogen-bond acceptors (Lipinski definition) is 2. The molecular weight excluding hydrogens is 276 g/mol. The van der Waals surface area contributed by atoms with Gasteiger partial charge in [-0.1, -0.05) is 6.92 Å². The van der Waals surface area contributed by atoms with Crippen LogP contribution in [0.25, 0.3) is 0 Å². The van der Waals surface area contributed by atoms with E-state index in [-0.39, 0.29) is 18.9 Å². The Morgan fingerprint density at radius 3 is 2.16 bits per heavy atom. The summed E-state index contributed by atoms with van der Waals surface area (Å²) in [5.74, 6) is -3.73. The third-order valence-corrected chi connectivity index (χ3v) is 2.69. The topological polar surface area (TPSA) is 21.3 Å². The monoisotopic (exact) mass is 291 g/mol. The zero-order valence-corrected chi connectivity index (χ0v) is 10.2. The van der Waals surface area contributed by atoms with Crippen LogP contribution in [0.2, 0.25) is 0 Å². The third-order valence-electron chi connectivity index (χ3n) is 2.69. The van der Waals surface area contributed by atoms with Gasteiger partial charge in [0.1, 0.15) is 5.76 Å². The summed E-state index contributed by atoms with van der Waals surface area (Å²) >= 11 is 0. The molecule has 1 rings (SSSR count). The summed E-state index contributed by atoms with van der Waals surface area (Å²) < 4.78 is 81.1. The summed E-state index contributed by atoms with van der Waals surface area (Å²) in [6.45, 7) is 1.82. The van der Waals surface area contributed by atoms with Gasteiger partial charge in [0, 0.05) is 6.42 Å². The first-order valence-electron chi connectivity index (χ1n) is 5.87. The molecule has 1 unspecified atom stereocenters. The largest absolute Gasteiger partial charge is 0.496 e. The maximum Gasteiger partial charge on any atom is 0.402 e. The van der Waals surface area contributed by atoms with Crippen LogP contribution in [0.5, 0.6) is 0 Å². The number of alkyl halides is 6. The number of hydrogen-bond donors (Lipinski definition) is 1. The minimum atomic E-state index is -5.38. The fourth-order valence-corrected chi connectivity index (χ4v) is 1.90. The van der Waals surface area contributed by atoms with Gasteiger partial charge in [-0.05, 0) is 19.0 Å². The van der Waals surface area contributed by atoms with Gasteiger partial charge in [-0.15, -0.1) is 0 Å². The van der Waals surface area contributed by atoms with E-state index >= 15 is 0 Å². The van der Waals surface area contributed by atoms with Crippen molar-refractivity contribution in [2.24, 2.45) is 5.92 Å². The van der Waals surface area contributed by atoms with Gasteiger partial charge in [0.05, 0.1) is 12.6 Å². The van der Waals surface area contributed by atoms with Crippen molar-refractivity contribution in [3.8, 4) is 0 Å². The van der Waals surface area contributed by atoms with Crippen molar-refractivity contribution >= 4 is 0 Å². The second-order valence-electron chi connectivity index (χ2n) is 4.24. The van der Waals surface area contributed by atoms with Crippen LogP contribution in [0.3, 0.4) is 0 Å². The molecule has 0 spiro atoms. The standard InChI is InChI=1S/C11H15F6NO/c1-2-5-18-8(7-4-3-6-19-7)9(10(12,13)14)11(15,16)17/h4,8-9,18H,2-3,5-6H2,1H3. The van der Waals surface area contributed by atoms with Crippen molar-refractivity contribution in [2.45, 2.75) is 38.2 Å². The van der Waals surface area contributed by atoms with Gasteiger partial charge in [-0.3, -0.25) is 0 Å². The first-order valence-corrected chi connectivity index (χ1v) is 5.87. The molecule has 0 aromatic carbocycles. The molecule has 0 bridgehead atoms. The lowest BCUT2D eigenvalue weighted by atomic mass is 9.96. The van der Waals surface area contributed by atoms with Crippen LogP contribution in [0.1, 0.15) is 19.8 Å². The molecule has 0 aliphatic carbocycles. The Morgan fingerprint density at radius 1 is 1.21 bits per heavy atom. The lowest BCUT2D eigenvalue weighted by Gasteiger charge is -2.31. The zero-order valence-electron chi connectivity index (χ0n) is 10.2. The molecule has 0 saturated heterocycles. The van der Waals surface area contributed by atoms with Gasteiger partial charge in [0.15, 0.2) is 5.92 Å². The van der Waals surface area contributed by atoms with Crippen LogP contribution < -0.4 is 5.32 Å². The first kappa shape index (κ1) is 16.1. The fourth-order valence-electron chi connectivity index (χ4n) is 1.90. The van der Waals surface area contributed by atoms with Crippen molar-refractivity contribution in [1.82, 2.24) is 5.32 Å². The Labute approximate surface area is 106 Å². The lowest BCUT2D eigenvalue weighted by Crippen LogP contribution is -2.52. The summed E-state index contributed by atoms with van der Waals surface area (Å²) in [4.78, 5) is 0. The van der Waals surface area contributed by atoms with Crippen LogP contribution in [-0.4, -0.2) is 31.5 Å². The van der Waals surface area contributed by atoms with Crippen molar-refractivity contribution in [1.29, 1.82) is 0 Å². The first-order chi connectivity index (χ1) is 8.68. The second kappa shape index (κ2) is 6.02. The van der Waals surface area contributed by atoms with Crippen LogP contribution in [-0.2, 0) is 4.74 Å². The number of rotatable bonds is 5. The number of ether oxygens (including phenoxy) is 1. The van der Waals surface area contributed by atoms with E-state index in [1.165, 1.54) is 6.08 Å². The van der Waals surface area contributed by atoms with Crippen LogP contribution >= 0.6 is 0 Å². The molecule has 0 radical (unpaired) electrons. The predicted octanol–water partition coefficient (Wildman–Crippen LogP) is 3.40. The smallest absolute Gasteiger partial charge is 0.402 e. The lowest BCUT2D eigenvalue weighted by molar-refractivity contribution is -0.290. The Balaban J connectivity index is 3.03. The van der Waals surface area contributed by atoms with Crippen molar-refractivity contribution in [3.63, 3.8) is 0 Å². The summed E-state index contributed by atoms with van der Waals surface area (Å²) in [5, 5.41) is 2.29. The highest BCUT2D eigenvalue weighted by atomic mass is 19.4. The highest BCUT2D eigenvalue weighted by Crippen LogP contribution is 2.43. The molecule has 1 aliphatic heterocycles. The van der Waals surface area contributed by atoms with Crippen molar-refractivity contribution in [2.75, 3.05) is 13.2 Å². The molecule has 1 N–H and O–H groups in total. The fraction of sp³-hybridized carbons (Fsp3) is 0.818. The summed E-state index contributed by atoms with van der Waals surface area (Å²) in [7, 11) is 0. The zero-order chi connectivity index (χ0) is 14.7. The molecule has 0 amide bonds. The quantitative estimate of drug-likeness (QED) is 0.784. The highest BCUT2D eigenvalue weighted by molar-refractivity contribution is 5.11. The van der Waals surface area contributed by atoms with Crippen LogP contribution in [0, 0.1) is 5.92 Å². The molecule has 8 heteroatoms. The van der Waals surface area contributed by atoms with E-state index in [2.05, 4.69) is 5.32 Å². The van der Waals surface area contributed by atoms with E-state index < -0.39 is 24.3 Å². The van der Waals surface area contributed by atoms with Crippen LogP contribution in [0.4, 0.5) is 26.3 Å². The summed E-state index contributed by atoms with van der Waals surface area (Å²) in [5.41, 5.74) is 0. The van der Waals surface area contributed by atoms with Crippen molar-refractivity contribution < 1.29 is 31.1 Å². The van der Waals surface area contributed by atoms with Gasteiger partial charge in [-0.25, -0.2) is 0 Å². The Bertz CT molecular complexity index is 308. The average molecular weight is 291 g/mol. The summed E-state index contributed by atoms with van der Waals surface area (Å²) in [6, 6.07) is -1.91. The molecule has 1 heterocycles. The molecule has 0 aromatic rings. The summed E-state index contributed by atoms with van der Waals surface area (Å²) in [6.07, 6.45) is -8.74. The molecule has 0 aromatic heterocycles. The molecule has 0 fully saturated rings. The van der Waals surface area contributed by atoms with E-state index in [0.29, 0.717) is 12.8 Å². The predicted molar refractivity (Wildman–Crippen MR) is 56.3 cm³/mol.